The fourth-order valence-corrected chi connectivity index (χ4v) is 4.26. The van der Waals surface area contributed by atoms with Crippen molar-refractivity contribution in [2.75, 3.05) is 0 Å². The molecule has 0 atom stereocenters. The normalized spacial score (nSPS) is 12.0. The van der Waals surface area contributed by atoms with Crippen molar-refractivity contribution in [3.05, 3.63) is 45.0 Å². The summed E-state index contributed by atoms with van der Waals surface area (Å²) in [4.78, 5) is 0. The third-order valence-corrected chi connectivity index (χ3v) is 6.54. The fraction of sp³-hybridized carbons (Fsp3) is 0.538. The van der Waals surface area contributed by atoms with E-state index in [0.29, 0.717) is 0 Å². The van der Waals surface area contributed by atoms with Gasteiger partial charge >= 0.3 is 0 Å². The monoisotopic (exact) mass is 689 g/mol. The molecule has 0 heterocycles. The molecule has 2 rings (SSSR count). The van der Waals surface area contributed by atoms with Crippen molar-refractivity contribution < 1.29 is 0 Å². The maximum atomic E-state index is 3.66. The van der Waals surface area contributed by atoms with Crippen LogP contribution in [0, 0.1) is 121 Å². The van der Waals surface area contributed by atoms with E-state index >= 15 is 0 Å². The van der Waals surface area contributed by atoms with Crippen molar-refractivity contribution in [3.63, 3.8) is 0 Å². The van der Waals surface area contributed by atoms with E-state index in [1.165, 1.54) is 0 Å². The first-order chi connectivity index (χ1) is 23.1. The van der Waals surface area contributed by atoms with Crippen molar-refractivity contribution in [2.24, 2.45) is 37.9 Å². The molecule has 0 unspecified atom stereocenters. The van der Waals surface area contributed by atoms with Gasteiger partial charge < -0.3 is 0 Å². The molecule has 0 radical (unpaired) electrons. The van der Waals surface area contributed by atoms with Gasteiger partial charge in [0.25, 0.3) is 0 Å². The molecule has 2 aromatic carbocycles. The zero-order valence-corrected chi connectivity index (χ0v) is 36.6. The first-order valence-corrected chi connectivity index (χ1v) is 18.6. The minimum atomic E-state index is -0.271. The highest BCUT2D eigenvalue weighted by Gasteiger charge is 2.24. The Morgan fingerprint density at radius 2 is 0.500 bits per heavy atom. The average Bonchev–Trinajstić information content (AvgIpc) is 2.90. The van der Waals surface area contributed by atoms with Crippen molar-refractivity contribution >= 4 is 10.8 Å². The largest absolute Gasteiger partial charge is 0.0919 e. The van der Waals surface area contributed by atoms with Gasteiger partial charge in [-0.3, -0.25) is 0 Å². The van der Waals surface area contributed by atoms with Crippen LogP contribution in [0.5, 0.6) is 0 Å². The molecule has 0 saturated heterocycles. The van der Waals surface area contributed by atoms with Gasteiger partial charge in [0.2, 0.25) is 0 Å². The lowest BCUT2D eigenvalue weighted by molar-refractivity contribution is 0.570. The van der Waals surface area contributed by atoms with E-state index in [2.05, 4.69) is 234 Å². The first kappa shape index (κ1) is 43.8. The highest BCUT2D eigenvalue weighted by molar-refractivity contribution is 6.03. The molecule has 0 aliphatic heterocycles. The van der Waals surface area contributed by atoms with Gasteiger partial charge in [0, 0.05) is 59.8 Å². The lowest BCUT2D eigenvalue weighted by Crippen LogP contribution is -2.08. The Bertz CT molecular complexity index is 2120. The second-order valence-electron chi connectivity index (χ2n) is 21.1. The molecule has 0 bridgehead atoms. The van der Waals surface area contributed by atoms with Gasteiger partial charge in [-0.1, -0.05) is 82.9 Å². The molecule has 0 spiro atoms. The molecule has 0 N–H and O–H groups in total. The minimum Gasteiger partial charge on any atom is -0.0919 e. The molecule has 0 aromatic heterocycles. The van der Waals surface area contributed by atoms with Crippen LogP contribution >= 0.6 is 0 Å². The van der Waals surface area contributed by atoms with Crippen LogP contribution in [0.3, 0.4) is 0 Å². The zero-order valence-electron chi connectivity index (χ0n) is 36.6. The number of fused-ring (bicyclic) bond motifs is 1. The lowest BCUT2D eigenvalue weighted by Gasteiger charge is -2.19. The van der Waals surface area contributed by atoms with Crippen molar-refractivity contribution in [2.45, 2.75) is 145 Å². The summed E-state index contributed by atoms with van der Waals surface area (Å²) < 4.78 is 0. The summed E-state index contributed by atoms with van der Waals surface area (Å²) in [7, 11) is 0. The summed E-state index contributed by atoms with van der Waals surface area (Å²) in [5, 5.41) is 1.83. The van der Waals surface area contributed by atoms with Crippen LogP contribution in [0.15, 0.2) is 6.07 Å². The van der Waals surface area contributed by atoms with Crippen molar-refractivity contribution in [1.82, 2.24) is 0 Å². The van der Waals surface area contributed by atoms with E-state index in [9.17, 15) is 0 Å². The van der Waals surface area contributed by atoms with E-state index in [1.54, 1.807) is 0 Å². The maximum Gasteiger partial charge on any atom is 0.0578 e. The average molecular weight is 689 g/mol. The highest BCUT2D eigenvalue weighted by atomic mass is 14.2. The zero-order chi connectivity index (χ0) is 40.3. The van der Waals surface area contributed by atoms with Crippen molar-refractivity contribution in [1.29, 1.82) is 0 Å². The third-order valence-electron chi connectivity index (χ3n) is 6.54. The van der Waals surface area contributed by atoms with E-state index in [0.717, 1.165) is 49.7 Å². The van der Waals surface area contributed by atoms with Crippen LogP contribution in [0.4, 0.5) is 0 Å². The standard InChI is InChI=1S/C52H64/c1-46(2,3)29-22-37-36-44-41(26-33-50(13,14)15)39(24-31-48(7,8)9)40(25-32-49(10,11)12)43(28-35-52(19,20)21)45(44)42(27-34-51(16,17)18)38(37)23-30-47(4,5)6/h36H,1-21H3. The molecule has 0 amide bonds. The third kappa shape index (κ3) is 15.1. The first-order valence-electron chi connectivity index (χ1n) is 18.6. The SMILES string of the molecule is CC(C)(C)C#Cc1cc2c(C#CC(C)(C)C)c(C#CC(C)(C)C)c(C#CC(C)(C)C)c(C#CC(C)(C)C)c2c(C#CC(C)(C)C)c1C#CC(C)(C)C. The topological polar surface area (TPSA) is 0 Å². The predicted molar refractivity (Wildman–Crippen MR) is 228 cm³/mol. The second-order valence-corrected chi connectivity index (χ2v) is 21.1. The molecule has 272 valence electrons. The predicted octanol–water partition coefficient (Wildman–Crippen LogP) is 12.6. The van der Waals surface area contributed by atoms with Gasteiger partial charge in [0.1, 0.15) is 0 Å². The fourth-order valence-electron chi connectivity index (χ4n) is 4.26. The number of rotatable bonds is 0. The Hall–Kier alpha value is -4.38. The highest BCUT2D eigenvalue weighted by Crippen LogP contribution is 2.37. The van der Waals surface area contributed by atoms with E-state index in [4.69, 9.17) is 0 Å². The van der Waals surface area contributed by atoms with Crippen LogP contribution in [-0.2, 0) is 0 Å². The quantitative estimate of drug-likeness (QED) is 0.242. The summed E-state index contributed by atoms with van der Waals surface area (Å²) in [6, 6.07) is 2.17. The van der Waals surface area contributed by atoms with Gasteiger partial charge in [-0.05, 0) is 151 Å². The summed E-state index contributed by atoms with van der Waals surface area (Å²) in [6.07, 6.45) is 0. The lowest BCUT2D eigenvalue weighted by atomic mass is 9.82. The number of hydrogen-bond acceptors (Lipinski definition) is 0. The summed E-state index contributed by atoms with van der Waals surface area (Å²) >= 11 is 0. The summed E-state index contributed by atoms with van der Waals surface area (Å²) in [5.41, 5.74) is 3.89. The smallest absolute Gasteiger partial charge is 0.0578 e. The van der Waals surface area contributed by atoms with Crippen LogP contribution in [0.1, 0.15) is 184 Å². The maximum absolute atomic E-state index is 3.66. The van der Waals surface area contributed by atoms with Gasteiger partial charge in [-0.25, -0.2) is 0 Å². The Morgan fingerprint density at radius 3 is 0.827 bits per heavy atom. The van der Waals surface area contributed by atoms with Crippen LogP contribution < -0.4 is 0 Å². The Balaban J connectivity index is 3.90. The second kappa shape index (κ2) is 15.3. The molecular formula is C52H64. The molecule has 0 aliphatic rings. The number of benzene rings is 2. The molecule has 2 aromatic rings. The Labute approximate surface area is 320 Å². The molecule has 0 fully saturated rings. The summed E-state index contributed by atoms with van der Waals surface area (Å²) in [6.45, 7) is 44.7. The van der Waals surface area contributed by atoms with Gasteiger partial charge in [0.15, 0.2) is 0 Å². The Kier molecular flexibility index (Phi) is 12.9. The molecular weight excluding hydrogens is 625 g/mol. The van der Waals surface area contributed by atoms with Gasteiger partial charge in [-0.15, -0.1) is 0 Å². The minimum absolute atomic E-state index is 0.227. The number of hydrogen-bond donors (Lipinski definition) is 0. The Morgan fingerprint density at radius 1 is 0.269 bits per heavy atom. The molecule has 0 heteroatoms. The van der Waals surface area contributed by atoms with E-state index in [1.807, 2.05) is 0 Å². The van der Waals surface area contributed by atoms with Crippen LogP contribution in [0.2, 0.25) is 0 Å². The van der Waals surface area contributed by atoms with Crippen molar-refractivity contribution in [3.8, 4) is 82.9 Å². The van der Waals surface area contributed by atoms with E-state index in [-0.39, 0.29) is 37.9 Å². The van der Waals surface area contributed by atoms with Crippen LogP contribution in [-0.4, -0.2) is 0 Å². The van der Waals surface area contributed by atoms with Gasteiger partial charge in [-0.2, -0.15) is 0 Å². The van der Waals surface area contributed by atoms with Gasteiger partial charge in [0.05, 0.1) is 27.8 Å². The molecule has 52 heavy (non-hydrogen) atoms. The van der Waals surface area contributed by atoms with Crippen LogP contribution in [0.25, 0.3) is 10.8 Å². The molecule has 0 nitrogen and oxygen atoms in total. The van der Waals surface area contributed by atoms with E-state index < -0.39 is 0 Å². The molecule has 0 aliphatic carbocycles. The summed E-state index contributed by atoms with van der Waals surface area (Å²) in [5.74, 6) is 50.1. The molecule has 0 saturated carbocycles.